The fourth-order valence-electron chi connectivity index (χ4n) is 3.24. The smallest absolute Gasteiger partial charge is 0.273 e. The highest BCUT2D eigenvalue weighted by Crippen LogP contribution is 2.27. The quantitative estimate of drug-likeness (QED) is 0.196. The number of aromatic nitrogens is 4. The predicted molar refractivity (Wildman–Crippen MR) is 130 cm³/mol. The van der Waals surface area contributed by atoms with Crippen molar-refractivity contribution in [2.75, 3.05) is 18.4 Å². The topological polar surface area (TPSA) is 128 Å². The van der Waals surface area contributed by atoms with Crippen molar-refractivity contribution in [2.24, 2.45) is 5.92 Å². The number of fused-ring (bicyclic) bond motifs is 1. The molecule has 1 amide bonds. The molecule has 0 aliphatic rings. The largest absolute Gasteiger partial charge is 0.369 e. The van der Waals surface area contributed by atoms with Crippen LogP contribution in [-0.2, 0) is 6.54 Å². The number of hydrogen-bond acceptors (Lipinski definition) is 8. The standard InChI is InChI=1S/C22H29N7O3S/c1-13(2)11-24-19-17-12-25-28(20(17)27-22(26-19)33-14(3)4)10-9-23-21(30)16-7-6-8-18(15(16)5)29(31)32/h6-8,12-14H,9-11H2,1-5H3,(H,23,30)(H,24,26,27). The van der Waals surface area contributed by atoms with Crippen molar-refractivity contribution in [3.63, 3.8) is 0 Å². The molecule has 2 N–H and O–H groups in total. The minimum absolute atomic E-state index is 0.0750. The van der Waals surface area contributed by atoms with Gasteiger partial charge in [-0.05, 0) is 18.9 Å². The molecule has 33 heavy (non-hydrogen) atoms. The van der Waals surface area contributed by atoms with E-state index in [0.717, 1.165) is 17.7 Å². The van der Waals surface area contributed by atoms with E-state index in [1.165, 1.54) is 12.1 Å². The van der Waals surface area contributed by atoms with E-state index in [1.54, 1.807) is 35.6 Å². The van der Waals surface area contributed by atoms with E-state index in [2.05, 4.69) is 53.4 Å². The Kier molecular flexibility index (Phi) is 7.85. The molecule has 0 aliphatic carbocycles. The summed E-state index contributed by atoms with van der Waals surface area (Å²) in [5.41, 5.74) is 1.25. The second kappa shape index (κ2) is 10.6. The third-order valence-corrected chi connectivity index (χ3v) is 5.72. The van der Waals surface area contributed by atoms with Crippen LogP contribution in [0.25, 0.3) is 11.0 Å². The number of rotatable bonds is 10. The summed E-state index contributed by atoms with van der Waals surface area (Å²) >= 11 is 1.58. The number of carbonyl (C=O) groups is 1. The molecule has 10 nitrogen and oxygen atoms in total. The number of nitro benzene ring substituents is 1. The fourth-order valence-corrected chi connectivity index (χ4v) is 3.94. The lowest BCUT2D eigenvalue weighted by Crippen LogP contribution is -2.28. The van der Waals surface area contributed by atoms with E-state index in [4.69, 9.17) is 0 Å². The molecule has 0 spiro atoms. The molecule has 0 saturated carbocycles. The monoisotopic (exact) mass is 471 g/mol. The van der Waals surface area contributed by atoms with Gasteiger partial charge in [-0.3, -0.25) is 14.9 Å². The van der Waals surface area contributed by atoms with Crippen molar-refractivity contribution < 1.29 is 9.72 Å². The van der Waals surface area contributed by atoms with Crippen LogP contribution in [0.4, 0.5) is 11.5 Å². The number of benzene rings is 1. The Labute approximate surface area is 196 Å². The van der Waals surface area contributed by atoms with E-state index < -0.39 is 4.92 Å². The van der Waals surface area contributed by atoms with E-state index >= 15 is 0 Å². The van der Waals surface area contributed by atoms with Crippen LogP contribution in [0.1, 0.15) is 43.6 Å². The van der Waals surface area contributed by atoms with Gasteiger partial charge in [-0.25, -0.2) is 14.6 Å². The predicted octanol–water partition coefficient (Wildman–Crippen LogP) is 4.04. The molecule has 0 radical (unpaired) electrons. The number of hydrogen-bond donors (Lipinski definition) is 2. The van der Waals surface area contributed by atoms with Crippen LogP contribution in [0.2, 0.25) is 0 Å². The van der Waals surface area contributed by atoms with Gasteiger partial charge in [0, 0.05) is 35.5 Å². The van der Waals surface area contributed by atoms with Crippen molar-refractivity contribution in [2.45, 2.75) is 51.6 Å². The molecule has 2 aromatic heterocycles. The van der Waals surface area contributed by atoms with Gasteiger partial charge < -0.3 is 10.6 Å². The van der Waals surface area contributed by atoms with Gasteiger partial charge in [-0.2, -0.15) is 5.10 Å². The molecular formula is C22H29N7O3S. The number of thioether (sulfide) groups is 1. The highest BCUT2D eigenvalue weighted by Gasteiger charge is 2.18. The molecule has 0 bridgehead atoms. The van der Waals surface area contributed by atoms with Gasteiger partial charge in [0.25, 0.3) is 11.6 Å². The van der Waals surface area contributed by atoms with Crippen LogP contribution in [-0.4, -0.2) is 48.9 Å². The summed E-state index contributed by atoms with van der Waals surface area (Å²) in [5, 5.41) is 23.6. The number of nitrogens with one attached hydrogen (secondary N) is 2. The second-order valence-electron chi connectivity index (χ2n) is 8.36. The minimum Gasteiger partial charge on any atom is -0.369 e. The third kappa shape index (κ3) is 5.98. The molecule has 1 aromatic carbocycles. The highest BCUT2D eigenvalue weighted by atomic mass is 32.2. The Bertz CT molecular complexity index is 1160. The maximum Gasteiger partial charge on any atom is 0.273 e. The zero-order valence-corrected chi connectivity index (χ0v) is 20.3. The lowest BCUT2D eigenvalue weighted by atomic mass is 10.1. The van der Waals surface area contributed by atoms with Gasteiger partial charge in [0.05, 0.1) is 23.1 Å². The van der Waals surface area contributed by atoms with Crippen LogP contribution in [0.15, 0.2) is 29.6 Å². The highest BCUT2D eigenvalue weighted by molar-refractivity contribution is 7.99. The number of anilines is 1. The average Bonchev–Trinajstić information content (AvgIpc) is 3.14. The lowest BCUT2D eigenvalue weighted by Gasteiger charge is -2.12. The Morgan fingerprint density at radius 3 is 2.67 bits per heavy atom. The number of nitrogens with zero attached hydrogens (tertiary/aromatic N) is 5. The summed E-state index contributed by atoms with van der Waals surface area (Å²) in [6.07, 6.45) is 1.73. The van der Waals surface area contributed by atoms with Crippen LogP contribution < -0.4 is 10.6 Å². The van der Waals surface area contributed by atoms with Gasteiger partial charge in [-0.1, -0.05) is 45.5 Å². The van der Waals surface area contributed by atoms with Gasteiger partial charge in [0.15, 0.2) is 10.8 Å². The molecule has 0 fully saturated rings. The minimum atomic E-state index is -0.487. The second-order valence-corrected chi connectivity index (χ2v) is 9.91. The molecule has 0 aliphatic heterocycles. The molecule has 3 aromatic rings. The lowest BCUT2D eigenvalue weighted by molar-refractivity contribution is -0.385. The van der Waals surface area contributed by atoms with E-state index in [-0.39, 0.29) is 17.2 Å². The van der Waals surface area contributed by atoms with Gasteiger partial charge in [0.2, 0.25) is 0 Å². The van der Waals surface area contributed by atoms with Crippen molar-refractivity contribution in [3.05, 3.63) is 45.6 Å². The molecule has 0 saturated heterocycles. The first-order valence-corrected chi connectivity index (χ1v) is 11.7. The summed E-state index contributed by atoms with van der Waals surface area (Å²) in [7, 11) is 0. The summed E-state index contributed by atoms with van der Waals surface area (Å²) in [5.74, 6) is 0.843. The zero-order chi connectivity index (χ0) is 24.1. The van der Waals surface area contributed by atoms with Crippen LogP contribution in [0.3, 0.4) is 0 Å². The van der Waals surface area contributed by atoms with Crippen molar-refractivity contribution >= 4 is 40.2 Å². The molecule has 11 heteroatoms. The average molecular weight is 472 g/mol. The van der Waals surface area contributed by atoms with Crippen LogP contribution >= 0.6 is 11.8 Å². The van der Waals surface area contributed by atoms with Gasteiger partial charge >= 0.3 is 0 Å². The first-order valence-electron chi connectivity index (χ1n) is 10.8. The Morgan fingerprint density at radius 1 is 1.24 bits per heavy atom. The summed E-state index contributed by atoms with van der Waals surface area (Å²) in [6, 6.07) is 4.48. The van der Waals surface area contributed by atoms with E-state index in [0.29, 0.717) is 40.6 Å². The molecule has 2 heterocycles. The van der Waals surface area contributed by atoms with Crippen LogP contribution in [0, 0.1) is 23.0 Å². The van der Waals surface area contributed by atoms with E-state index in [1.807, 2.05) is 0 Å². The van der Waals surface area contributed by atoms with Gasteiger partial charge in [-0.15, -0.1) is 0 Å². The molecule has 0 unspecified atom stereocenters. The maximum absolute atomic E-state index is 12.6. The summed E-state index contributed by atoms with van der Waals surface area (Å²) in [6.45, 7) is 11.5. The Balaban J connectivity index is 1.78. The molecule has 0 atom stereocenters. The van der Waals surface area contributed by atoms with E-state index in [9.17, 15) is 14.9 Å². The normalized spacial score (nSPS) is 11.4. The first-order chi connectivity index (χ1) is 15.7. The van der Waals surface area contributed by atoms with Crippen LogP contribution in [0.5, 0.6) is 0 Å². The maximum atomic E-state index is 12.6. The first kappa shape index (κ1) is 24.4. The number of nitro groups is 1. The zero-order valence-electron chi connectivity index (χ0n) is 19.5. The third-order valence-electron chi connectivity index (χ3n) is 4.85. The molecule has 176 valence electrons. The Morgan fingerprint density at radius 2 is 2.00 bits per heavy atom. The van der Waals surface area contributed by atoms with Crippen molar-refractivity contribution in [1.82, 2.24) is 25.1 Å². The van der Waals surface area contributed by atoms with Crippen molar-refractivity contribution in [1.29, 1.82) is 0 Å². The number of amides is 1. The summed E-state index contributed by atoms with van der Waals surface area (Å²) < 4.78 is 1.74. The summed E-state index contributed by atoms with van der Waals surface area (Å²) in [4.78, 5) is 32.6. The fraction of sp³-hybridized carbons (Fsp3) is 0.455. The van der Waals surface area contributed by atoms with Gasteiger partial charge in [0.1, 0.15) is 5.82 Å². The molecular weight excluding hydrogens is 442 g/mol. The Hall–Kier alpha value is -3.21. The SMILES string of the molecule is Cc1c(C(=O)NCCn2ncc3c(NCC(C)C)nc(SC(C)C)nc32)cccc1[N+](=O)[O-]. The van der Waals surface area contributed by atoms with Crippen molar-refractivity contribution in [3.8, 4) is 0 Å². The molecule has 3 rings (SSSR count). The number of carbonyl (C=O) groups excluding carboxylic acids is 1.